The van der Waals surface area contributed by atoms with Gasteiger partial charge in [0.1, 0.15) is 0 Å². The van der Waals surface area contributed by atoms with Crippen LogP contribution >= 0.6 is 0 Å². The molecular weight excluding hydrogens is 214 g/mol. The maximum absolute atomic E-state index is 10.7. The predicted molar refractivity (Wildman–Crippen MR) is 72.3 cm³/mol. The molecule has 0 amide bonds. The monoisotopic (exact) mass is 243 g/mol. The van der Waals surface area contributed by atoms with E-state index in [1.807, 2.05) is 14.1 Å². The Kier molecular flexibility index (Phi) is 10.2. The molecule has 102 valence electrons. The summed E-state index contributed by atoms with van der Waals surface area (Å²) in [6, 6.07) is 0. The Morgan fingerprint density at radius 1 is 1.12 bits per heavy atom. The van der Waals surface area contributed by atoms with Crippen LogP contribution in [0.25, 0.3) is 0 Å². The smallest absolute Gasteiger partial charge is 0.303 e. The van der Waals surface area contributed by atoms with Crippen molar-refractivity contribution in [3.63, 3.8) is 0 Å². The first-order valence-corrected chi connectivity index (χ1v) is 6.92. The molecule has 0 aliphatic carbocycles. The molecule has 0 saturated heterocycles. The Morgan fingerprint density at radius 2 is 1.71 bits per heavy atom. The highest BCUT2D eigenvalue weighted by molar-refractivity contribution is 5.67. The largest absolute Gasteiger partial charge is 0.481 e. The zero-order valence-electron chi connectivity index (χ0n) is 11.7. The van der Waals surface area contributed by atoms with E-state index in [0.29, 0.717) is 12.3 Å². The van der Waals surface area contributed by atoms with E-state index < -0.39 is 5.97 Å². The van der Waals surface area contributed by atoms with Crippen LogP contribution in [0.4, 0.5) is 0 Å². The van der Waals surface area contributed by atoms with Crippen molar-refractivity contribution < 1.29 is 9.90 Å². The Bertz CT molecular complexity index is 193. The van der Waals surface area contributed by atoms with Crippen molar-refractivity contribution in [3.8, 4) is 0 Å². The lowest BCUT2D eigenvalue weighted by molar-refractivity contribution is -0.138. The van der Waals surface area contributed by atoms with Gasteiger partial charge < -0.3 is 10.0 Å². The van der Waals surface area contributed by atoms with E-state index in [9.17, 15) is 4.79 Å². The second kappa shape index (κ2) is 10.6. The molecule has 0 aliphatic heterocycles. The quantitative estimate of drug-likeness (QED) is 0.565. The number of rotatable bonds is 11. The van der Waals surface area contributed by atoms with Gasteiger partial charge in [0.15, 0.2) is 0 Å². The molecule has 0 heterocycles. The first-order chi connectivity index (χ1) is 8.06. The van der Waals surface area contributed by atoms with Crippen molar-refractivity contribution in [2.45, 2.75) is 58.3 Å². The highest BCUT2D eigenvalue weighted by atomic mass is 16.4. The average molecular weight is 243 g/mol. The van der Waals surface area contributed by atoms with Crippen molar-refractivity contribution in [1.29, 1.82) is 0 Å². The van der Waals surface area contributed by atoms with E-state index in [0.717, 1.165) is 13.0 Å². The second-order valence-electron chi connectivity index (χ2n) is 5.28. The topological polar surface area (TPSA) is 40.5 Å². The second-order valence-corrected chi connectivity index (χ2v) is 5.28. The van der Waals surface area contributed by atoms with Gasteiger partial charge in [-0.15, -0.1) is 0 Å². The van der Waals surface area contributed by atoms with Crippen LogP contribution in [0.1, 0.15) is 58.3 Å². The van der Waals surface area contributed by atoms with Crippen LogP contribution in [-0.4, -0.2) is 36.6 Å². The van der Waals surface area contributed by atoms with Gasteiger partial charge in [0, 0.05) is 13.0 Å². The van der Waals surface area contributed by atoms with E-state index in [1.54, 1.807) is 0 Å². The van der Waals surface area contributed by atoms with E-state index in [4.69, 9.17) is 5.11 Å². The zero-order valence-corrected chi connectivity index (χ0v) is 11.7. The van der Waals surface area contributed by atoms with Gasteiger partial charge in [-0.1, -0.05) is 45.4 Å². The summed E-state index contributed by atoms with van der Waals surface area (Å²) in [6.07, 6.45) is 9.03. The molecule has 0 aromatic heterocycles. The molecule has 17 heavy (non-hydrogen) atoms. The third kappa shape index (κ3) is 11.7. The number of aliphatic carboxylic acids is 1. The molecule has 0 spiro atoms. The highest BCUT2D eigenvalue weighted by Gasteiger charge is 2.13. The summed E-state index contributed by atoms with van der Waals surface area (Å²) in [4.78, 5) is 12.8. The van der Waals surface area contributed by atoms with Crippen LogP contribution < -0.4 is 0 Å². The van der Waals surface area contributed by atoms with Crippen molar-refractivity contribution in [1.82, 2.24) is 4.90 Å². The van der Waals surface area contributed by atoms with Crippen molar-refractivity contribution in [3.05, 3.63) is 0 Å². The number of carboxylic acid groups (broad SMARTS) is 1. The van der Waals surface area contributed by atoms with Gasteiger partial charge in [-0.05, 0) is 26.4 Å². The van der Waals surface area contributed by atoms with Crippen LogP contribution in [0, 0.1) is 5.92 Å². The normalized spacial score (nSPS) is 12.9. The summed E-state index contributed by atoms with van der Waals surface area (Å²) in [6.45, 7) is 3.11. The fraction of sp³-hybridized carbons (Fsp3) is 0.929. The SMILES string of the molecule is CCCCCCCCC(CC(=O)O)CN(C)C. The molecule has 3 nitrogen and oxygen atoms in total. The summed E-state index contributed by atoms with van der Waals surface area (Å²) < 4.78 is 0. The number of hydrogen-bond acceptors (Lipinski definition) is 2. The summed E-state index contributed by atoms with van der Waals surface area (Å²) in [5.41, 5.74) is 0. The molecule has 0 aromatic rings. The van der Waals surface area contributed by atoms with Crippen LogP contribution in [-0.2, 0) is 4.79 Å². The van der Waals surface area contributed by atoms with Gasteiger partial charge in [-0.25, -0.2) is 0 Å². The van der Waals surface area contributed by atoms with Gasteiger partial charge in [-0.3, -0.25) is 4.79 Å². The molecule has 0 rings (SSSR count). The van der Waals surface area contributed by atoms with Crippen LogP contribution in [0.5, 0.6) is 0 Å². The number of carbonyl (C=O) groups is 1. The molecule has 1 atom stereocenters. The summed E-state index contributed by atoms with van der Waals surface area (Å²) >= 11 is 0. The molecule has 1 unspecified atom stereocenters. The highest BCUT2D eigenvalue weighted by Crippen LogP contribution is 2.16. The lowest BCUT2D eigenvalue weighted by Crippen LogP contribution is -2.23. The van der Waals surface area contributed by atoms with E-state index in [1.165, 1.54) is 38.5 Å². The minimum Gasteiger partial charge on any atom is -0.481 e. The fourth-order valence-electron chi connectivity index (χ4n) is 2.23. The molecule has 0 saturated carbocycles. The van der Waals surface area contributed by atoms with Gasteiger partial charge in [0.2, 0.25) is 0 Å². The van der Waals surface area contributed by atoms with Crippen molar-refractivity contribution in [2.75, 3.05) is 20.6 Å². The molecule has 0 aliphatic rings. The Morgan fingerprint density at radius 3 is 2.24 bits per heavy atom. The molecule has 0 fully saturated rings. The maximum Gasteiger partial charge on any atom is 0.303 e. The molecule has 0 radical (unpaired) electrons. The summed E-state index contributed by atoms with van der Waals surface area (Å²) in [7, 11) is 4.02. The fourth-order valence-corrected chi connectivity index (χ4v) is 2.23. The van der Waals surface area contributed by atoms with Gasteiger partial charge in [0.25, 0.3) is 0 Å². The number of nitrogens with zero attached hydrogens (tertiary/aromatic N) is 1. The van der Waals surface area contributed by atoms with Crippen LogP contribution in [0.2, 0.25) is 0 Å². The first-order valence-electron chi connectivity index (χ1n) is 6.92. The Hall–Kier alpha value is -0.570. The van der Waals surface area contributed by atoms with Gasteiger partial charge >= 0.3 is 5.97 Å². The van der Waals surface area contributed by atoms with Crippen molar-refractivity contribution >= 4 is 5.97 Å². The lowest BCUT2D eigenvalue weighted by atomic mass is 9.96. The minimum absolute atomic E-state index is 0.313. The Balaban J connectivity index is 3.64. The third-order valence-corrected chi connectivity index (χ3v) is 3.05. The van der Waals surface area contributed by atoms with Crippen LogP contribution in [0.15, 0.2) is 0 Å². The molecule has 0 aromatic carbocycles. The molecule has 3 heteroatoms. The maximum atomic E-state index is 10.7. The van der Waals surface area contributed by atoms with E-state index in [-0.39, 0.29) is 0 Å². The number of carboxylic acids is 1. The summed E-state index contributed by atoms with van der Waals surface area (Å²) in [5, 5.41) is 8.85. The first kappa shape index (κ1) is 16.4. The summed E-state index contributed by atoms with van der Waals surface area (Å²) in [5.74, 6) is -0.350. The number of hydrogen-bond donors (Lipinski definition) is 1. The molecule has 0 bridgehead atoms. The average Bonchev–Trinajstić information content (AvgIpc) is 2.21. The van der Waals surface area contributed by atoms with E-state index >= 15 is 0 Å². The van der Waals surface area contributed by atoms with Gasteiger partial charge in [-0.2, -0.15) is 0 Å². The predicted octanol–water partition coefficient (Wildman–Crippen LogP) is 3.39. The minimum atomic E-state index is -0.664. The molecular formula is C14H29NO2. The number of unbranched alkanes of at least 4 members (excludes halogenated alkanes) is 5. The van der Waals surface area contributed by atoms with Crippen LogP contribution in [0.3, 0.4) is 0 Å². The third-order valence-electron chi connectivity index (χ3n) is 3.05. The lowest BCUT2D eigenvalue weighted by Gasteiger charge is -2.19. The zero-order chi connectivity index (χ0) is 13.1. The standard InChI is InChI=1S/C14H29NO2/c1-4-5-6-7-8-9-10-13(11-14(16)17)12-15(2)3/h13H,4-12H2,1-3H3,(H,16,17). The van der Waals surface area contributed by atoms with E-state index in [2.05, 4.69) is 11.8 Å². The van der Waals surface area contributed by atoms with Crippen molar-refractivity contribution in [2.24, 2.45) is 5.92 Å². The Labute approximate surface area is 106 Å². The molecule has 1 N–H and O–H groups in total. The van der Waals surface area contributed by atoms with Gasteiger partial charge in [0.05, 0.1) is 0 Å².